The van der Waals surface area contributed by atoms with Crippen molar-refractivity contribution in [2.24, 2.45) is 0 Å². The van der Waals surface area contributed by atoms with E-state index in [9.17, 15) is 9.59 Å². The highest BCUT2D eigenvalue weighted by molar-refractivity contribution is 5.49. The molecule has 0 bridgehead atoms. The molecule has 0 amide bonds. The lowest BCUT2D eigenvalue weighted by atomic mass is 9.79. The van der Waals surface area contributed by atoms with Gasteiger partial charge in [0.05, 0.1) is 13.7 Å². The van der Waals surface area contributed by atoms with Crippen LogP contribution in [0.2, 0.25) is 0 Å². The van der Waals surface area contributed by atoms with Crippen molar-refractivity contribution in [1.82, 2.24) is 9.55 Å². The van der Waals surface area contributed by atoms with Crippen LogP contribution in [0.3, 0.4) is 0 Å². The summed E-state index contributed by atoms with van der Waals surface area (Å²) in [4.78, 5) is 26.1. The lowest BCUT2D eigenvalue weighted by molar-refractivity contribution is -0.180. The predicted octanol–water partition coefficient (Wildman–Crippen LogP) is 4.10. The Labute approximate surface area is 228 Å². The van der Waals surface area contributed by atoms with Crippen molar-refractivity contribution in [3.63, 3.8) is 0 Å². The van der Waals surface area contributed by atoms with E-state index in [2.05, 4.69) is 0 Å². The largest absolute Gasteiger partial charge is 0.497 e. The van der Waals surface area contributed by atoms with Crippen molar-refractivity contribution in [2.45, 2.75) is 30.0 Å². The van der Waals surface area contributed by atoms with E-state index in [1.54, 1.807) is 72.8 Å². The van der Waals surface area contributed by atoms with Crippen molar-refractivity contribution in [3.8, 4) is 5.75 Å². The molecule has 1 N–H and O–H groups in total. The summed E-state index contributed by atoms with van der Waals surface area (Å²) in [6, 6.07) is 26.1. The molecule has 0 spiro atoms. The summed E-state index contributed by atoms with van der Waals surface area (Å²) in [6.07, 6.45) is -4.22. The van der Waals surface area contributed by atoms with E-state index >= 15 is 8.78 Å². The Bertz CT molecular complexity index is 1500. The normalized spacial score (nSPS) is 20.4. The molecule has 1 aliphatic rings. The van der Waals surface area contributed by atoms with Crippen LogP contribution >= 0.6 is 0 Å². The zero-order valence-corrected chi connectivity index (χ0v) is 21.8. The Kier molecular flexibility index (Phi) is 7.66. The molecule has 3 atom stereocenters. The van der Waals surface area contributed by atoms with Crippen molar-refractivity contribution >= 4 is 0 Å². The molecule has 2 heterocycles. The van der Waals surface area contributed by atoms with E-state index in [-0.39, 0.29) is 6.61 Å². The number of aromatic amines is 1. The Morgan fingerprint density at radius 1 is 0.875 bits per heavy atom. The fourth-order valence-electron chi connectivity index (χ4n) is 5.09. The van der Waals surface area contributed by atoms with E-state index in [1.807, 2.05) is 17.1 Å². The first-order chi connectivity index (χ1) is 19.3. The third-order valence-electron chi connectivity index (χ3n) is 6.95. The van der Waals surface area contributed by atoms with Gasteiger partial charge in [0.1, 0.15) is 17.5 Å². The average Bonchev–Trinajstić information content (AvgIpc) is 3.21. The second-order valence-corrected chi connectivity index (χ2v) is 9.35. The second-order valence-electron chi connectivity index (χ2n) is 9.35. The molecule has 1 saturated heterocycles. The Balaban J connectivity index is 1.71. The van der Waals surface area contributed by atoms with Crippen LogP contribution in [0, 0.1) is 0 Å². The first kappa shape index (κ1) is 27.4. The Hall–Kier alpha value is -4.12. The molecular weight excluding hydrogens is 522 g/mol. The number of halogens is 2. The van der Waals surface area contributed by atoms with Crippen LogP contribution < -0.4 is 16.0 Å². The van der Waals surface area contributed by atoms with Gasteiger partial charge >= 0.3 is 11.6 Å². The van der Waals surface area contributed by atoms with Crippen LogP contribution in [0.25, 0.3) is 0 Å². The van der Waals surface area contributed by atoms with Crippen molar-refractivity contribution in [3.05, 3.63) is 135 Å². The smallest absolute Gasteiger partial charge is 0.330 e. The maximum Gasteiger partial charge on any atom is 0.330 e. The van der Waals surface area contributed by atoms with Crippen LogP contribution in [-0.2, 0) is 19.8 Å². The number of nitrogens with one attached hydrogen (secondary N) is 1. The second kappa shape index (κ2) is 11.2. The fraction of sp³-hybridized carbons (Fsp3) is 0.267. The first-order valence-electron chi connectivity index (χ1n) is 12.6. The van der Waals surface area contributed by atoms with Gasteiger partial charge in [-0.2, -0.15) is 8.78 Å². The van der Waals surface area contributed by atoms with Gasteiger partial charge in [-0.25, -0.2) is 4.79 Å². The molecule has 1 aliphatic heterocycles. The third-order valence-corrected chi connectivity index (χ3v) is 6.95. The highest BCUT2D eigenvalue weighted by Gasteiger charge is 2.63. The minimum absolute atomic E-state index is 0.239. The van der Waals surface area contributed by atoms with Crippen LogP contribution in [0.15, 0.2) is 107 Å². The number of aromatic nitrogens is 2. The van der Waals surface area contributed by atoms with Gasteiger partial charge in [-0.3, -0.25) is 14.3 Å². The zero-order valence-electron chi connectivity index (χ0n) is 21.8. The predicted molar refractivity (Wildman–Crippen MR) is 143 cm³/mol. The van der Waals surface area contributed by atoms with E-state index in [4.69, 9.17) is 18.9 Å². The molecule has 1 fully saturated rings. The summed E-state index contributed by atoms with van der Waals surface area (Å²) < 4.78 is 56.5. The van der Waals surface area contributed by atoms with Gasteiger partial charge in [0.25, 0.3) is 5.56 Å². The van der Waals surface area contributed by atoms with Gasteiger partial charge in [0, 0.05) is 19.4 Å². The quantitative estimate of drug-likeness (QED) is 0.316. The van der Waals surface area contributed by atoms with Crippen LogP contribution in [-0.4, -0.2) is 48.5 Å². The SMILES string of the molecule is COC[C@@H]1O[C@H](n2ccc(=O)[nH]c2=O)C(F)(F)C1OC(c1ccccc1)(c1ccccc1)c1ccc(OC)cc1. The van der Waals surface area contributed by atoms with E-state index < -0.39 is 41.2 Å². The average molecular weight is 551 g/mol. The molecule has 1 unspecified atom stereocenters. The summed E-state index contributed by atoms with van der Waals surface area (Å²) in [5.41, 5.74) is -1.49. The number of nitrogens with zero attached hydrogens (tertiary/aromatic N) is 1. The molecule has 0 saturated carbocycles. The summed E-state index contributed by atoms with van der Waals surface area (Å²) in [5.74, 6) is -3.14. The molecule has 0 aliphatic carbocycles. The molecule has 8 nitrogen and oxygen atoms in total. The summed E-state index contributed by atoms with van der Waals surface area (Å²) in [6.45, 7) is -0.239. The minimum Gasteiger partial charge on any atom is -0.497 e. The van der Waals surface area contributed by atoms with Crippen LogP contribution in [0.4, 0.5) is 8.78 Å². The number of rotatable bonds is 9. The maximum atomic E-state index is 16.4. The van der Waals surface area contributed by atoms with Crippen molar-refractivity contribution in [2.75, 3.05) is 20.8 Å². The van der Waals surface area contributed by atoms with Crippen LogP contribution in [0.5, 0.6) is 5.75 Å². The molecule has 5 rings (SSSR count). The number of methoxy groups -OCH3 is 2. The summed E-state index contributed by atoms with van der Waals surface area (Å²) >= 11 is 0. The minimum atomic E-state index is -3.73. The van der Waals surface area contributed by atoms with E-state index in [0.29, 0.717) is 27.0 Å². The maximum absolute atomic E-state index is 16.4. The number of H-pyrrole nitrogens is 1. The van der Waals surface area contributed by atoms with Gasteiger partial charge in [0.2, 0.25) is 6.23 Å². The zero-order chi connectivity index (χ0) is 28.3. The van der Waals surface area contributed by atoms with Gasteiger partial charge < -0.3 is 18.9 Å². The van der Waals surface area contributed by atoms with Crippen LogP contribution in [0.1, 0.15) is 22.9 Å². The molecule has 40 heavy (non-hydrogen) atoms. The fourth-order valence-corrected chi connectivity index (χ4v) is 5.09. The monoisotopic (exact) mass is 550 g/mol. The molecule has 208 valence electrons. The summed E-state index contributed by atoms with van der Waals surface area (Å²) in [5, 5.41) is 0. The van der Waals surface area contributed by atoms with Crippen molar-refractivity contribution in [1.29, 1.82) is 0 Å². The number of alkyl halides is 2. The highest BCUT2D eigenvalue weighted by Crippen LogP contribution is 2.50. The standard InChI is InChI=1S/C30H28F2N2O6/c1-37-19-24-26(30(31,32)27(39-24)34-18-17-25(35)33-28(34)36)40-29(20-9-5-3-6-10-20,21-11-7-4-8-12-21)22-13-15-23(38-2)16-14-22/h3-18,24,26-27H,19H2,1-2H3,(H,33,35,36)/t24-,26?,27-/m0/s1. The summed E-state index contributed by atoms with van der Waals surface area (Å²) in [7, 11) is 2.90. The van der Waals surface area contributed by atoms with Gasteiger partial charge in [0.15, 0.2) is 6.10 Å². The molecule has 10 heteroatoms. The number of hydrogen-bond acceptors (Lipinski definition) is 6. The van der Waals surface area contributed by atoms with E-state index in [1.165, 1.54) is 14.2 Å². The van der Waals surface area contributed by atoms with Gasteiger partial charge in [-0.15, -0.1) is 0 Å². The topological polar surface area (TPSA) is 91.8 Å². The first-order valence-corrected chi connectivity index (χ1v) is 12.6. The van der Waals surface area contributed by atoms with Gasteiger partial charge in [-0.1, -0.05) is 72.8 Å². The lowest BCUT2D eigenvalue weighted by Crippen LogP contribution is -2.49. The van der Waals surface area contributed by atoms with Gasteiger partial charge in [-0.05, 0) is 28.8 Å². The molecule has 1 aromatic heterocycles. The molecule has 0 radical (unpaired) electrons. The Morgan fingerprint density at radius 3 is 1.98 bits per heavy atom. The molecule has 3 aromatic carbocycles. The highest BCUT2D eigenvalue weighted by atomic mass is 19.3. The van der Waals surface area contributed by atoms with E-state index in [0.717, 1.165) is 12.3 Å². The number of ether oxygens (including phenoxy) is 4. The third kappa shape index (κ3) is 4.85. The number of hydrogen-bond donors (Lipinski definition) is 1. The van der Waals surface area contributed by atoms with Crippen molar-refractivity contribution < 1.29 is 27.7 Å². The lowest BCUT2D eigenvalue weighted by Gasteiger charge is -2.40. The Morgan fingerprint density at radius 2 is 1.45 bits per heavy atom. The molecular formula is C30H28F2N2O6. The number of benzene rings is 3. The molecule has 4 aromatic rings.